The summed E-state index contributed by atoms with van der Waals surface area (Å²) in [5.41, 5.74) is 0.828. The van der Waals surface area contributed by atoms with Crippen LogP contribution in [0.5, 0.6) is 5.75 Å². The zero-order chi connectivity index (χ0) is 28.5. The van der Waals surface area contributed by atoms with E-state index in [-0.39, 0.29) is 53.3 Å². The fourth-order valence-corrected chi connectivity index (χ4v) is 4.48. The highest BCUT2D eigenvalue weighted by Crippen LogP contribution is 2.19. The third-order valence-electron chi connectivity index (χ3n) is 6.37. The van der Waals surface area contributed by atoms with E-state index in [0.29, 0.717) is 31.4 Å². The molecule has 0 aliphatic carbocycles. The van der Waals surface area contributed by atoms with Crippen molar-refractivity contribution >= 4 is 41.2 Å². The number of phenolic OH excluding ortho intramolecular Hbond substituents is 1. The van der Waals surface area contributed by atoms with Crippen LogP contribution in [-0.2, 0) is 20.9 Å². The standard InChI is InChI=1S/C27H31ClN4O7/c1-2-23(34)32-10-4-6-18(15-32)25(36)30-14-22(27(38)39)31-26(37)20-9-8-17(12-21(20)28)24(35)29-13-16-5-3-7-19(33)11-16/h3,5,7-9,11-12,18,22,33H,2,4,6,10,13-15H2,1H3,(H,29,35)(H,30,36)(H,31,37)(H,38,39). The number of benzene rings is 2. The normalized spacial score (nSPS) is 15.6. The smallest absolute Gasteiger partial charge is 0.328 e. The molecule has 0 spiro atoms. The summed E-state index contributed by atoms with van der Waals surface area (Å²) in [4.78, 5) is 63.2. The van der Waals surface area contributed by atoms with Crippen LogP contribution in [0.2, 0.25) is 5.02 Å². The van der Waals surface area contributed by atoms with Crippen molar-refractivity contribution in [2.75, 3.05) is 19.6 Å². The number of amides is 4. The van der Waals surface area contributed by atoms with Gasteiger partial charge < -0.3 is 31.1 Å². The molecule has 11 nitrogen and oxygen atoms in total. The second-order valence-electron chi connectivity index (χ2n) is 9.19. The summed E-state index contributed by atoms with van der Waals surface area (Å²) in [6, 6.07) is 8.95. The van der Waals surface area contributed by atoms with E-state index in [0.717, 1.165) is 0 Å². The summed E-state index contributed by atoms with van der Waals surface area (Å²) in [6.07, 6.45) is 1.59. The molecular weight excluding hydrogens is 528 g/mol. The molecule has 0 saturated carbocycles. The fraction of sp³-hybridized carbons (Fsp3) is 0.370. The van der Waals surface area contributed by atoms with Crippen molar-refractivity contribution in [3.8, 4) is 5.75 Å². The van der Waals surface area contributed by atoms with Gasteiger partial charge in [-0.3, -0.25) is 19.2 Å². The first-order valence-electron chi connectivity index (χ1n) is 12.5. The Hall–Kier alpha value is -4.12. The van der Waals surface area contributed by atoms with E-state index in [1.807, 2.05) is 0 Å². The Morgan fingerprint density at radius 1 is 1.08 bits per heavy atom. The van der Waals surface area contributed by atoms with E-state index < -0.39 is 29.7 Å². The third kappa shape index (κ3) is 8.18. The van der Waals surface area contributed by atoms with Crippen LogP contribution in [0.15, 0.2) is 42.5 Å². The van der Waals surface area contributed by atoms with Gasteiger partial charge in [-0.1, -0.05) is 30.7 Å². The first-order valence-corrected chi connectivity index (χ1v) is 12.9. The molecule has 2 aromatic carbocycles. The van der Waals surface area contributed by atoms with Crippen LogP contribution >= 0.6 is 11.6 Å². The van der Waals surface area contributed by atoms with Crippen LogP contribution < -0.4 is 16.0 Å². The number of nitrogens with zero attached hydrogens (tertiary/aromatic N) is 1. The molecule has 208 valence electrons. The number of carbonyl (C=O) groups excluding carboxylic acids is 4. The zero-order valence-corrected chi connectivity index (χ0v) is 22.2. The molecule has 0 radical (unpaired) electrons. The summed E-state index contributed by atoms with van der Waals surface area (Å²) in [7, 11) is 0. The lowest BCUT2D eigenvalue weighted by molar-refractivity contribution is -0.139. The maximum absolute atomic E-state index is 12.8. The molecule has 2 atom stereocenters. The number of piperidine rings is 1. The van der Waals surface area contributed by atoms with Crippen molar-refractivity contribution in [2.45, 2.75) is 38.8 Å². The van der Waals surface area contributed by atoms with Crippen LogP contribution in [0.1, 0.15) is 52.5 Å². The summed E-state index contributed by atoms with van der Waals surface area (Å²) >= 11 is 6.23. The molecule has 1 aliphatic rings. The van der Waals surface area contributed by atoms with E-state index in [9.17, 15) is 34.2 Å². The van der Waals surface area contributed by atoms with E-state index in [4.69, 9.17) is 11.6 Å². The highest BCUT2D eigenvalue weighted by molar-refractivity contribution is 6.34. The molecule has 5 N–H and O–H groups in total. The lowest BCUT2D eigenvalue weighted by Crippen LogP contribution is -2.51. The van der Waals surface area contributed by atoms with Crippen molar-refractivity contribution in [3.63, 3.8) is 0 Å². The number of hydrogen-bond acceptors (Lipinski definition) is 6. The number of nitrogens with one attached hydrogen (secondary N) is 3. The maximum Gasteiger partial charge on any atom is 0.328 e. The molecule has 2 aromatic rings. The van der Waals surface area contributed by atoms with E-state index in [1.54, 1.807) is 24.0 Å². The Morgan fingerprint density at radius 2 is 1.85 bits per heavy atom. The predicted molar refractivity (Wildman–Crippen MR) is 142 cm³/mol. The number of rotatable bonds is 10. The Morgan fingerprint density at radius 3 is 2.51 bits per heavy atom. The zero-order valence-electron chi connectivity index (χ0n) is 21.4. The Labute approximate surface area is 230 Å². The number of phenols is 1. The summed E-state index contributed by atoms with van der Waals surface area (Å²) < 4.78 is 0. The minimum Gasteiger partial charge on any atom is -0.508 e. The Kier molecular flexibility index (Phi) is 10.3. The van der Waals surface area contributed by atoms with Gasteiger partial charge in [-0.2, -0.15) is 0 Å². The van der Waals surface area contributed by atoms with Crippen LogP contribution in [0.3, 0.4) is 0 Å². The van der Waals surface area contributed by atoms with Gasteiger partial charge in [0.15, 0.2) is 0 Å². The fourth-order valence-electron chi connectivity index (χ4n) is 4.22. The van der Waals surface area contributed by atoms with Gasteiger partial charge in [-0.25, -0.2) is 4.79 Å². The first kappa shape index (κ1) is 29.4. The minimum absolute atomic E-state index is 0.0416. The van der Waals surface area contributed by atoms with Crippen molar-refractivity contribution in [1.82, 2.24) is 20.9 Å². The van der Waals surface area contributed by atoms with E-state index >= 15 is 0 Å². The topological polar surface area (TPSA) is 165 Å². The Balaban J connectivity index is 1.56. The molecule has 39 heavy (non-hydrogen) atoms. The third-order valence-corrected chi connectivity index (χ3v) is 6.68. The second kappa shape index (κ2) is 13.6. The highest BCUT2D eigenvalue weighted by Gasteiger charge is 2.29. The van der Waals surface area contributed by atoms with Gasteiger partial charge in [0.1, 0.15) is 11.8 Å². The van der Waals surface area contributed by atoms with Crippen LogP contribution in [0.4, 0.5) is 0 Å². The SMILES string of the molecule is CCC(=O)N1CCCC(C(=O)NCC(NC(=O)c2ccc(C(=O)NCc3cccc(O)c3)cc2Cl)C(=O)O)C1. The quantitative estimate of drug-likeness (QED) is 0.297. The van der Waals surface area contributed by atoms with Crippen molar-refractivity contribution < 1.29 is 34.2 Å². The lowest BCUT2D eigenvalue weighted by Gasteiger charge is -2.32. The molecule has 12 heteroatoms. The molecule has 2 unspecified atom stereocenters. The van der Waals surface area contributed by atoms with Gasteiger partial charge in [0, 0.05) is 38.2 Å². The van der Waals surface area contributed by atoms with Gasteiger partial charge in [-0.05, 0) is 48.7 Å². The van der Waals surface area contributed by atoms with Crippen molar-refractivity contribution in [3.05, 3.63) is 64.2 Å². The second-order valence-corrected chi connectivity index (χ2v) is 9.60. The molecule has 0 aromatic heterocycles. The Bertz CT molecular complexity index is 1250. The number of carbonyl (C=O) groups is 5. The van der Waals surface area contributed by atoms with Crippen LogP contribution in [0, 0.1) is 5.92 Å². The van der Waals surface area contributed by atoms with Crippen LogP contribution in [0.25, 0.3) is 0 Å². The molecule has 3 rings (SSSR count). The van der Waals surface area contributed by atoms with Crippen LogP contribution in [-0.4, -0.2) is 70.4 Å². The number of likely N-dealkylation sites (tertiary alicyclic amines) is 1. The largest absolute Gasteiger partial charge is 0.508 e. The summed E-state index contributed by atoms with van der Waals surface area (Å²) in [6.45, 7) is 2.41. The molecule has 1 saturated heterocycles. The number of halogens is 1. The number of carboxylic acids is 1. The van der Waals surface area contributed by atoms with Gasteiger partial charge in [0.25, 0.3) is 11.8 Å². The maximum atomic E-state index is 12.8. The average Bonchev–Trinajstić information content (AvgIpc) is 2.93. The van der Waals surface area contributed by atoms with Gasteiger partial charge in [-0.15, -0.1) is 0 Å². The van der Waals surface area contributed by atoms with Crippen molar-refractivity contribution in [1.29, 1.82) is 0 Å². The predicted octanol–water partition coefficient (Wildman–Crippen LogP) is 1.92. The number of hydrogen-bond donors (Lipinski definition) is 5. The van der Waals surface area contributed by atoms with Gasteiger partial charge >= 0.3 is 5.97 Å². The molecule has 1 heterocycles. The number of carboxylic acid groups (broad SMARTS) is 1. The lowest BCUT2D eigenvalue weighted by atomic mass is 9.96. The van der Waals surface area contributed by atoms with E-state index in [2.05, 4.69) is 16.0 Å². The molecule has 1 fully saturated rings. The minimum atomic E-state index is -1.43. The molecule has 0 bridgehead atoms. The monoisotopic (exact) mass is 558 g/mol. The molecule has 1 aliphatic heterocycles. The molecule has 4 amide bonds. The average molecular weight is 559 g/mol. The summed E-state index contributed by atoms with van der Waals surface area (Å²) in [5.74, 6) is -3.41. The first-order chi connectivity index (χ1) is 18.6. The van der Waals surface area contributed by atoms with Gasteiger partial charge in [0.2, 0.25) is 11.8 Å². The van der Waals surface area contributed by atoms with Crippen molar-refractivity contribution in [2.24, 2.45) is 5.92 Å². The molecular formula is C27H31ClN4O7. The number of aliphatic carboxylic acids is 1. The highest BCUT2D eigenvalue weighted by atomic mass is 35.5. The van der Waals surface area contributed by atoms with Gasteiger partial charge in [0.05, 0.1) is 16.5 Å². The van der Waals surface area contributed by atoms with E-state index in [1.165, 1.54) is 30.3 Å². The summed E-state index contributed by atoms with van der Waals surface area (Å²) in [5, 5.41) is 26.6. The number of aromatic hydroxyl groups is 1.